The van der Waals surface area contributed by atoms with Gasteiger partial charge in [0, 0.05) is 18.8 Å². The SMILES string of the molecule is Cc1nc2ccc(N[C@@H](C)C(=O)N(C)[C@@H]3CCS(=O)(=O)C3)cc2s1. The summed E-state index contributed by atoms with van der Waals surface area (Å²) in [6.45, 7) is 3.76. The fourth-order valence-corrected chi connectivity index (χ4v) is 5.65. The third-order valence-electron chi connectivity index (χ3n) is 4.35. The molecule has 24 heavy (non-hydrogen) atoms. The van der Waals surface area contributed by atoms with Crippen molar-refractivity contribution in [2.75, 3.05) is 23.9 Å². The minimum Gasteiger partial charge on any atom is -0.374 e. The molecule has 0 aliphatic carbocycles. The Morgan fingerprint density at radius 3 is 2.88 bits per heavy atom. The predicted octanol–water partition coefficient (Wildman–Crippen LogP) is 2.05. The highest BCUT2D eigenvalue weighted by molar-refractivity contribution is 7.91. The number of hydrogen-bond donors (Lipinski definition) is 1. The molecule has 130 valence electrons. The molecule has 1 amide bonds. The lowest BCUT2D eigenvalue weighted by atomic mass is 10.2. The zero-order valence-electron chi connectivity index (χ0n) is 13.9. The summed E-state index contributed by atoms with van der Waals surface area (Å²) in [6.07, 6.45) is 0.517. The van der Waals surface area contributed by atoms with Gasteiger partial charge in [-0.15, -0.1) is 11.3 Å². The van der Waals surface area contributed by atoms with E-state index in [1.807, 2.05) is 25.1 Å². The minimum atomic E-state index is -3.00. The summed E-state index contributed by atoms with van der Waals surface area (Å²) < 4.78 is 24.3. The van der Waals surface area contributed by atoms with Crippen LogP contribution in [0.25, 0.3) is 10.2 Å². The van der Waals surface area contributed by atoms with E-state index >= 15 is 0 Å². The molecule has 2 atom stereocenters. The third-order valence-corrected chi connectivity index (χ3v) is 7.04. The molecule has 2 aromatic rings. The Balaban J connectivity index is 1.68. The monoisotopic (exact) mass is 367 g/mol. The molecule has 1 aromatic heterocycles. The number of hydrogen-bond acceptors (Lipinski definition) is 6. The molecule has 6 nitrogen and oxygen atoms in total. The predicted molar refractivity (Wildman–Crippen MR) is 97.3 cm³/mol. The van der Waals surface area contributed by atoms with Crippen molar-refractivity contribution < 1.29 is 13.2 Å². The summed E-state index contributed by atoms with van der Waals surface area (Å²) in [4.78, 5) is 18.6. The van der Waals surface area contributed by atoms with Crippen LogP contribution < -0.4 is 5.32 Å². The summed E-state index contributed by atoms with van der Waals surface area (Å²) in [5, 5.41) is 4.21. The van der Waals surface area contributed by atoms with E-state index < -0.39 is 15.9 Å². The smallest absolute Gasteiger partial charge is 0.244 e. The zero-order chi connectivity index (χ0) is 17.5. The van der Waals surface area contributed by atoms with Crippen LogP contribution in [0.1, 0.15) is 18.4 Å². The van der Waals surface area contributed by atoms with Crippen LogP contribution >= 0.6 is 11.3 Å². The highest BCUT2D eigenvalue weighted by Gasteiger charge is 2.34. The third kappa shape index (κ3) is 3.54. The van der Waals surface area contributed by atoms with Gasteiger partial charge >= 0.3 is 0 Å². The number of aromatic nitrogens is 1. The number of anilines is 1. The maximum absolute atomic E-state index is 12.6. The van der Waals surface area contributed by atoms with Gasteiger partial charge in [0.2, 0.25) is 5.91 Å². The average Bonchev–Trinajstić information content (AvgIpc) is 3.06. The topological polar surface area (TPSA) is 79.4 Å². The molecular formula is C16H21N3O3S2. The summed E-state index contributed by atoms with van der Waals surface area (Å²) >= 11 is 1.62. The zero-order valence-corrected chi connectivity index (χ0v) is 15.6. The first-order valence-corrected chi connectivity index (χ1v) is 10.5. The number of benzene rings is 1. The van der Waals surface area contributed by atoms with E-state index in [2.05, 4.69) is 10.3 Å². The number of carbonyl (C=O) groups excluding carboxylic acids is 1. The normalized spacial score (nSPS) is 20.9. The molecule has 3 rings (SSSR count). The van der Waals surface area contributed by atoms with Crippen LogP contribution in [-0.2, 0) is 14.6 Å². The van der Waals surface area contributed by atoms with Crippen LogP contribution in [0.3, 0.4) is 0 Å². The molecule has 0 spiro atoms. The van der Waals surface area contributed by atoms with Crippen molar-refractivity contribution in [1.29, 1.82) is 0 Å². The lowest BCUT2D eigenvalue weighted by Gasteiger charge is -2.27. The van der Waals surface area contributed by atoms with Crippen molar-refractivity contribution in [2.24, 2.45) is 0 Å². The highest BCUT2D eigenvalue weighted by atomic mass is 32.2. The second-order valence-electron chi connectivity index (χ2n) is 6.29. The van der Waals surface area contributed by atoms with Gasteiger partial charge in [-0.1, -0.05) is 0 Å². The fourth-order valence-electron chi connectivity index (χ4n) is 3.01. The van der Waals surface area contributed by atoms with E-state index in [1.54, 1.807) is 30.2 Å². The number of nitrogens with zero attached hydrogens (tertiary/aromatic N) is 2. The van der Waals surface area contributed by atoms with Crippen LogP contribution in [-0.4, -0.2) is 54.8 Å². The van der Waals surface area contributed by atoms with E-state index in [1.165, 1.54) is 0 Å². The molecule has 1 aliphatic heterocycles. The van der Waals surface area contributed by atoms with E-state index in [0.29, 0.717) is 6.42 Å². The summed E-state index contributed by atoms with van der Waals surface area (Å²) in [5.41, 5.74) is 1.81. The summed E-state index contributed by atoms with van der Waals surface area (Å²) in [7, 11) is -1.32. The van der Waals surface area contributed by atoms with Gasteiger partial charge in [-0.05, 0) is 38.5 Å². The number of rotatable bonds is 4. The lowest BCUT2D eigenvalue weighted by molar-refractivity contribution is -0.132. The van der Waals surface area contributed by atoms with Crippen LogP contribution in [0.4, 0.5) is 5.69 Å². The first-order valence-electron chi connectivity index (χ1n) is 7.86. The summed E-state index contributed by atoms with van der Waals surface area (Å²) in [6, 6.07) is 5.18. The molecule has 1 saturated heterocycles. The van der Waals surface area contributed by atoms with Gasteiger partial charge in [0.1, 0.15) is 6.04 Å². The molecule has 1 N–H and O–H groups in total. The van der Waals surface area contributed by atoms with Crippen LogP contribution in [0.2, 0.25) is 0 Å². The molecule has 2 heterocycles. The Labute approximate surface area is 145 Å². The van der Waals surface area contributed by atoms with Gasteiger partial charge < -0.3 is 10.2 Å². The first kappa shape index (κ1) is 17.2. The second kappa shape index (κ2) is 6.33. The number of thiazole rings is 1. The van der Waals surface area contributed by atoms with Gasteiger partial charge in [0.15, 0.2) is 9.84 Å². The Bertz CT molecular complexity index is 876. The molecule has 1 aromatic carbocycles. The Morgan fingerprint density at radius 2 is 2.21 bits per heavy atom. The van der Waals surface area contributed by atoms with Crippen molar-refractivity contribution in [3.05, 3.63) is 23.2 Å². The van der Waals surface area contributed by atoms with E-state index in [0.717, 1.165) is 20.9 Å². The second-order valence-corrected chi connectivity index (χ2v) is 9.75. The Hall–Kier alpha value is -1.67. The Kier molecular flexibility index (Phi) is 4.52. The highest BCUT2D eigenvalue weighted by Crippen LogP contribution is 2.25. The van der Waals surface area contributed by atoms with Crippen LogP contribution in [0.15, 0.2) is 18.2 Å². The molecule has 0 unspecified atom stereocenters. The minimum absolute atomic E-state index is 0.0636. The van der Waals surface area contributed by atoms with Gasteiger partial charge in [-0.3, -0.25) is 4.79 Å². The van der Waals surface area contributed by atoms with E-state index in [-0.39, 0.29) is 23.5 Å². The number of amides is 1. The Morgan fingerprint density at radius 1 is 1.46 bits per heavy atom. The van der Waals surface area contributed by atoms with Crippen molar-refractivity contribution in [3.8, 4) is 0 Å². The molecular weight excluding hydrogens is 346 g/mol. The van der Waals surface area contributed by atoms with Crippen molar-refractivity contribution in [3.63, 3.8) is 0 Å². The maximum atomic E-state index is 12.6. The molecule has 1 fully saturated rings. The molecule has 1 aliphatic rings. The first-order chi connectivity index (χ1) is 11.2. The fraction of sp³-hybridized carbons (Fsp3) is 0.500. The standard InChI is InChI=1S/C16H21N3O3S2/c1-10(16(20)19(3)13-6-7-24(21,22)9-13)17-12-4-5-14-15(8-12)23-11(2)18-14/h4-5,8,10,13,17H,6-7,9H2,1-3H3/t10-,13+/m0/s1. The van der Waals surface area contributed by atoms with Gasteiger partial charge in [0.25, 0.3) is 0 Å². The van der Waals surface area contributed by atoms with Crippen molar-refractivity contribution in [1.82, 2.24) is 9.88 Å². The lowest BCUT2D eigenvalue weighted by Crippen LogP contribution is -2.45. The molecule has 0 saturated carbocycles. The van der Waals surface area contributed by atoms with Gasteiger partial charge in [0.05, 0.1) is 26.7 Å². The van der Waals surface area contributed by atoms with Crippen LogP contribution in [0.5, 0.6) is 0 Å². The number of nitrogens with one attached hydrogen (secondary N) is 1. The largest absolute Gasteiger partial charge is 0.374 e. The number of aryl methyl sites for hydroxylation is 1. The molecule has 0 bridgehead atoms. The summed E-state index contributed by atoms with van der Waals surface area (Å²) in [5.74, 6) is 0.129. The van der Waals surface area contributed by atoms with Crippen molar-refractivity contribution >= 4 is 43.0 Å². The average molecular weight is 367 g/mol. The van der Waals surface area contributed by atoms with Gasteiger partial charge in [-0.2, -0.15) is 0 Å². The number of carbonyl (C=O) groups is 1. The molecule has 8 heteroatoms. The number of fused-ring (bicyclic) bond motifs is 1. The maximum Gasteiger partial charge on any atom is 0.244 e. The quantitative estimate of drug-likeness (QED) is 0.895. The van der Waals surface area contributed by atoms with Crippen LogP contribution in [0, 0.1) is 6.92 Å². The van der Waals surface area contributed by atoms with E-state index in [9.17, 15) is 13.2 Å². The van der Waals surface area contributed by atoms with E-state index in [4.69, 9.17) is 0 Å². The van der Waals surface area contributed by atoms with Gasteiger partial charge in [-0.25, -0.2) is 13.4 Å². The number of sulfone groups is 1. The van der Waals surface area contributed by atoms with Crippen molar-refractivity contribution in [2.45, 2.75) is 32.4 Å². The molecule has 0 radical (unpaired) electrons. The number of likely N-dealkylation sites (N-methyl/N-ethyl adjacent to an activating group) is 1.